The second kappa shape index (κ2) is 6.89. The van der Waals surface area contributed by atoms with Gasteiger partial charge in [0, 0.05) is 6.92 Å². The van der Waals surface area contributed by atoms with E-state index in [0.717, 1.165) is 12.0 Å². The average Bonchev–Trinajstić information content (AvgIpc) is 2.01. The summed E-state index contributed by atoms with van der Waals surface area (Å²) >= 11 is 0. The highest BCUT2D eigenvalue weighted by Gasteiger charge is 1.93. The molecule has 70 valence electrons. The zero-order chi connectivity index (χ0) is 9.40. The SMILES string of the molecule is CCCCC=C(C)COC(C)=O. The molecule has 0 aliphatic heterocycles. The Balaban J connectivity index is 3.48. The fourth-order valence-electron chi connectivity index (χ4n) is 0.827. The predicted octanol–water partition coefficient (Wildman–Crippen LogP) is 2.69. The monoisotopic (exact) mass is 170 g/mol. The van der Waals surface area contributed by atoms with E-state index in [1.54, 1.807) is 0 Å². The van der Waals surface area contributed by atoms with Crippen LogP contribution < -0.4 is 0 Å². The average molecular weight is 170 g/mol. The molecule has 0 amide bonds. The Hall–Kier alpha value is -0.790. The highest BCUT2D eigenvalue weighted by Crippen LogP contribution is 2.01. The first-order valence-electron chi connectivity index (χ1n) is 4.45. The van der Waals surface area contributed by atoms with E-state index >= 15 is 0 Å². The Kier molecular flexibility index (Phi) is 6.44. The number of hydrogen-bond donors (Lipinski definition) is 0. The summed E-state index contributed by atoms with van der Waals surface area (Å²) in [6, 6.07) is 0. The summed E-state index contributed by atoms with van der Waals surface area (Å²) in [7, 11) is 0. The van der Waals surface area contributed by atoms with Crippen LogP contribution >= 0.6 is 0 Å². The molecular formula is C10H18O2. The van der Waals surface area contributed by atoms with E-state index in [0.29, 0.717) is 6.61 Å². The minimum absolute atomic E-state index is 0.210. The third-order valence-electron chi connectivity index (χ3n) is 1.55. The van der Waals surface area contributed by atoms with Crippen molar-refractivity contribution in [2.45, 2.75) is 40.0 Å². The van der Waals surface area contributed by atoms with Gasteiger partial charge in [-0.1, -0.05) is 25.8 Å². The number of hydrogen-bond acceptors (Lipinski definition) is 2. The Bertz CT molecular complexity index is 159. The molecule has 0 aliphatic carbocycles. The molecule has 2 heteroatoms. The van der Waals surface area contributed by atoms with E-state index in [4.69, 9.17) is 4.74 Å². The van der Waals surface area contributed by atoms with Gasteiger partial charge in [-0.3, -0.25) is 4.79 Å². The number of allylic oxidation sites excluding steroid dienone is 1. The van der Waals surface area contributed by atoms with Gasteiger partial charge >= 0.3 is 5.97 Å². The molecule has 0 N–H and O–H groups in total. The van der Waals surface area contributed by atoms with Crippen molar-refractivity contribution < 1.29 is 9.53 Å². The van der Waals surface area contributed by atoms with Crippen molar-refractivity contribution in [2.75, 3.05) is 6.61 Å². The normalized spacial score (nSPS) is 11.4. The van der Waals surface area contributed by atoms with Crippen molar-refractivity contribution in [3.05, 3.63) is 11.6 Å². The lowest BCUT2D eigenvalue weighted by Crippen LogP contribution is -2.01. The maximum absolute atomic E-state index is 10.4. The summed E-state index contributed by atoms with van der Waals surface area (Å²) in [5.41, 5.74) is 1.14. The van der Waals surface area contributed by atoms with Crippen LogP contribution in [0.5, 0.6) is 0 Å². The molecular weight excluding hydrogens is 152 g/mol. The number of esters is 1. The lowest BCUT2D eigenvalue weighted by molar-refractivity contribution is -0.139. The second-order valence-corrected chi connectivity index (χ2v) is 2.97. The van der Waals surface area contributed by atoms with E-state index in [1.807, 2.05) is 6.92 Å². The number of carbonyl (C=O) groups is 1. The van der Waals surface area contributed by atoms with Crippen LogP contribution in [0.3, 0.4) is 0 Å². The van der Waals surface area contributed by atoms with Crippen molar-refractivity contribution >= 4 is 5.97 Å². The van der Waals surface area contributed by atoms with Crippen LogP contribution in [0.1, 0.15) is 40.0 Å². The van der Waals surface area contributed by atoms with Crippen LogP contribution in [0.4, 0.5) is 0 Å². The van der Waals surface area contributed by atoms with Crippen molar-refractivity contribution in [3.8, 4) is 0 Å². The molecule has 0 aliphatic rings. The van der Waals surface area contributed by atoms with Gasteiger partial charge in [0.1, 0.15) is 6.61 Å². The summed E-state index contributed by atoms with van der Waals surface area (Å²) in [6.07, 6.45) is 5.63. The quantitative estimate of drug-likeness (QED) is 0.360. The van der Waals surface area contributed by atoms with Gasteiger partial charge in [0.25, 0.3) is 0 Å². The van der Waals surface area contributed by atoms with Crippen molar-refractivity contribution in [2.24, 2.45) is 0 Å². The number of unbranched alkanes of at least 4 members (excludes halogenated alkanes) is 2. The van der Waals surface area contributed by atoms with Crippen molar-refractivity contribution in [3.63, 3.8) is 0 Å². The van der Waals surface area contributed by atoms with Gasteiger partial charge in [-0.15, -0.1) is 0 Å². The van der Waals surface area contributed by atoms with Crippen LogP contribution in [0.25, 0.3) is 0 Å². The largest absolute Gasteiger partial charge is 0.461 e. The van der Waals surface area contributed by atoms with E-state index < -0.39 is 0 Å². The van der Waals surface area contributed by atoms with Crippen LogP contribution in [-0.4, -0.2) is 12.6 Å². The van der Waals surface area contributed by atoms with Crippen LogP contribution in [0.15, 0.2) is 11.6 Å². The number of rotatable bonds is 5. The van der Waals surface area contributed by atoms with Crippen molar-refractivity contribution in [1.29, 1.82) is 0 Å². The maximum atomic E-state index is 10.4. The third kappa shape index (κ3) is 7.32. The van der Waals surface area contributed by atoms with Crippen LogP contribution in [-0.2, 0) is 9.53 Å². The van der Waals surface area contributed by atoms with Gasteiger partial charge in [-0.2, -0.15) is 0 Å². The van der Waals surface area contributed by atoms with E-state index in [9.17, 15) is 4.79 Å². The van der Waals surface area contributed by atoms with Crippen LogP contribution in [0, 0.1) is 0 Å². The van der Waals surface area contributed by atoms with Crippen LogP contribution in [0.2, 0.25) is 0 Å². The summed E-state index contributed by atoms with van der Waals surface area (Å²) in [5.74, 6) is -0.210. The molecule has 0 rings (SSSR count). The molecule has 12 heavy (non-hydrogen) atoms. The molecule has 0 spiro atoms. The third-order valence-corrected chi connectivity index (χ3v) is 1.55. The van der Waals surface area contributed by atoms with Gasteiger partial charge in [0.05, 0.1) is 0 Å². The fourth-order valence-corrected chi connectivity index (χ4v) is 0.827. The zero-order valence-electron chi connectivity index (χ0n) is 8.22. The Morgan fingerprint density at radius 1 is 1.42 bits per heavy atom. The Labute approximate surface area is 74.6 Å². The molecule has 0 saturated carbocycles. The fraction of sp³-hybridized carbons (Fsp3) is 0.700. The molecule has 2 nitrogen and oxygen atoms in total. The predicted molar refractivity (Wildman–Crippen MR) is 49.9 cm³/mol. The first kappa shape index (κ1) is 11.2. The lowest BCUT2D eigenvalue weighted by atomic mass is 10.2. The maximum Gasteiger partial charge on any atom is 0.302 e. The molecule has 0 fully saturated rings. The smallest absolute Gasteiger partial charge is 0.302 e. The second-order valence-electron chi connectivity index (χ2n) is 2.97. The topological polar surface area (TPSA) is 26.3 Å². The van der Waals surface area contributed by atoms with Gasteiger partial charge in [0.2, 0.25) is 0 Å². The minimum Gasteiger partial charge on any atom is -0.461 e. The Morgan fingerprint density at radius 2 is 2.08 bits per heavy atom. The van der Waals surface area contributed by atoms with Gasteiger partial charge in [0.15, 0.2) is 0 Å². The molecule has 0 radical (unpaired) electrons. The molecule has 0 aromatic heterocycles. The van der Waals surface area contributed by atoms with Gasteiger partial charge < -0.3 is 4.74 Å². The first-order chi connectivity index (χ1) is 5.66. The standard InChI is InChI=1S/C10H18O2/c1-4-5-6-7-9(2)8-12-10(3)11/h7H,4-6,8H2,1-3H3. The van der Waals surface area contributed by atoms with E-state index in [-0.39, 0.29) is 5.97 Å². The summed E-state index contributed by atoms with van der Waals surface area (Å²) in [6.45, 7) is 6.02. The minimum atomic E-state index is -0.210. The Morgan fingerprint density at radius 3 is 2.58 bits per heavy atom. The molecule has 0 atom stereocenters. The van der Waals surface area contributed by atoms with Crippen molar-refractivity contribution in [1.82, 2.24) is 0 Å². The van der Waals surface area contributed by atoms with E-state index in [2.05, 4.69) is 13.0 Å². The highest BCUT2D eigenvalue weighted by atomic mass is 16.5. The van der Waals surface area contributed by atoms with E-state index in [1.165, 1.54) is 19.8 Å². The van der Waals surface area contributed by atoms with Gasteiger partial charge in [-0.25, -0.2) is 0 Å². The molecule has 0 unspecified atom stereocenters. The molecule has 0 aromatic rings. The molecule has 0 bridgehead atoms. The number of ether oxygens (including phenoxy) is 1. The summed E-state index contributed by atoms with van der Waals surface area (Å²) in [5, 5.41) is 0. The molecule has 0 aromatic carbocycles. The summed E-state index contributed by atoms with van der Waals surface area (Å²) < 4.78 is 4.83. The lowest BCUT2D eigenvalue weighted by Gasteiger charge is -2.01. The molecule has 0 heterocycles. The molecule has 0 saturated heterocycles. The zero-order valence-corrected chi connectivity index (χ0v) is 8.22. The first-order valence-corrected chi connectivity index (χ1v) is 4.45. The highest BCUT2D eigenvalue weighted by molar-refractivity contribution is 5.66. The van der Waals surface area contributed by atoms with Gasteiger partial charge in [-0.05, 0) is 18.9 Å². The summed E-state index contributed by atoms with van der Waals surface area (Å²) in [4.78, 5) is 10.4. The number of carbonyl (C=O) groups excluding carboxylic acids is 1.